The van der Waals surface area contributed by atoms with E-state index in [-0.39, 0.29) is 0 Å². The highest BCUT2D eigenvalue weighted by Gasteiger charge is 2.16. The van der Waals surface area contributed by atoms with Crippen molar-refractivity contribution >= 4 is 10.2 Å². The van der Waals surface area contributed by atoms with Gasteiger partial charge in [-0.25, -0.2) is 4.72 Å². The average molecular weight is 294 g/mol. The van der Waals surface area contributed by atoms with Crippen LogP contribution in [0.1, 0.15) is 12.8 Å². The number of nitrogens with zero attached hydrogens (tertiary/aromatic N) is 2. The number of morpholine rings is 1. The molecule has 1 fully saturated rings. The van der Waals surface area contributed by atoms with Crippen LogP contribution in [0.15, 0.2) is 0 Å². The summed E-state index contributed by atoms with van der Waals surface area (Å²) in [7, 11) is -1.78. The van der Waals surface area contributed by atoms with Crippen LogP contribution in [0.5, 0.6) is 0 Å². The molecule has 0 atom stereocenters. The SMILES string of the molecule is CN(CCCN)S(=O)(=O)NCCCN1CCOCC1. The summed E-state index contributed by atoms with van der Waals surface area (Å²) in [4.78, 5) is 2.29. The van der Waals surface area contributed by atoms with Gasteiger partial charge in [0.05, 0.1) is 13.2 Å². The van der Waals surface area contributed by atoms with E-state index in [4.69, 9.17) is 10.5 Å². The van der Waals surface area contributed by atoms with E-state index in [2.05, 4.69) is 9.62 Å². The number of nitrogens with one attached hydrogen (secondary N) is 1. The maximum absolute atomic E-state index is 11.8. The van der Waals surface area contributed by atoms with Gasteiger partial charge in [-0.2, -0.15) is 12.7 Å². The highest BCUT2D eigenvalue weighted by Crippen LogP contribution is 1.99. The first kappa shape index (κ1) is 16.8. The minimum Gasteiger partial charge on any atom is -0.379 e. The van der Waals surface area contributed by atoms with E-state index in [0.717, 1.165) is 39.3 Å². The molecule has 1 aliphatic rings. The van der Waals surface area contributed by atoms with Crippen LogP contribution in [0.3, 0.4) is 0 Å². The third-order valence-corrected chi connectivity index (χ3v) is 4.70. The Morgan fingerprint density at radius 1 is 1.32 bits per heavy atom. The van der Waals surface area contributed by atoms with Crippen LogP contribution < -0.4 is 10.5 Å². The molecule has 1 aliphatic heterocycles. The smallest absolute Gasteiger partial charge is 0.279 e. The van der Waals surface area contributed by atoms with Gasteiger partial charge < -0.3 is 10.5 Å². The van der Waals surface area contributed by atoms with E-state index >= 15 is 0 Å². The summed E-state index contributed by atoms with van der Waals surface area (Å²) >= 11 is 0. The predicted molar refractivity (Wildman–Crippen MR) is 75.1 cm³/mol. The number of hydrogen-bond donors (Lipinski definition) is 2. The normalized spacial score (nSPS) is 18.1. The van der Waals surface area contributed by atoms with Crippen molar-refractivity contribution in [3.63, 3.8) is 0 Å². The number of hydrogen-bond acceptors (Lipinski definition) is 5. The van der Waals surface area contributed by atoms with Gasteiger partial charge in [0.15, 0.2) is 0 Å². The minimum absolute atomic E-state index is 0.454. The van der Waals surface area contributed by atoms with E-state index in [1.807, 2.05) is 0 Å². The molecule has 7 nitrogen and oxygen atoms in total. The van der Waals surface area contributed by atoms with Gasteiger partial charge in [0.2, 0.25) is 0 Å². The topological polar surface area (TPSA) is 87.9 Å². The van der Waals surface area contributed by atoms with Gasteiger partial charge in [-0.1, -0.05) is 0 Å². The summed E-state index contributed by atoms with van der Waals surface area (Å²) in [6.45, 7) is 5.73. The molecule has 1 rings (SSSR count). The van der Waals surface area contributed by atoms with Gasteiger partial charge in [-0.3, -0.25) is 4.90 Å². The predicted octanol–water partition coefficient (Wildman–Crippen LogP) is -1.18. The van der Waals surface area contributed by atoms with Crippen molar-refractivity contribution in [1.82, 2.24) is 13.9 Å². The molecule has 0 aliphatic carbocycles. The number of nitrogens with two attached hydrogens (primary N) is 1. The molecule has 0 unspecified atom stereocenters. The summed E-state index contributed by atoms with van der Waals surface area (Å²) in [5, 5.41) is 0. The fourth-order valence-electron chi connectivity index (χ4n) is 1.87. The van der Waals surface area contributed by atoms with Crippen molar-refractivity contribution < 1.29 is 13.2 Å². The second kappa shape index (κ2) is 8.83. The van der Waals surface area contributed by atoms with Gasteiger partial charge >= 0.3 is 0 Å². The van der Waals surface area contributed by atoms with E-state index in [0.29, 0.717) is 26.1 Å². The fourth-order valence-corrected chi connectivity index (χ4v) is 2.87. The number of rotatable bonds is 9. The molecule has 0 saturated carbocycles. The summed E-state index contributed by atoms with van der Waals surface area (Å²) in [5.41, 5.74) is 5.37. The second-order valence-electron chi connectivity index (χ2n) is 4.67. The Kier molecular flexibility index (Phi) is 7.81. The number of ether oxygens (including phenoxy) is 1. The third-order valence-electron chi connectivity index (χ3n) is 3.13. The zero-order valence-electron chi connectivity index (χ0n) is 11.7. The highest BCUT2D eigenvalue weighted by molar-refractivity contribution is 7.87. The summed E-state index contributed by atoms with van der Waals surface area (Å²) < 4.78 is 32.8. The lowest BCUT2D eigenvalue weighted by Crippen LogP contribution is -2.41. The Balaban J connectivity index is 2.16. The molecule has 114 valence electrons. The van der Waals surface area contributed by atoms with Gasteiger partial charge in [0.1, 0.15) is 0 Å². The molecule has 0 spiro atoms. The molecule has 0 aromatic rings. The summed E-state index contributed by atoms with van der Waals surface area (Å²) in [6.07, 6.45) is 1.48. The molecule has 0 bridgehead atoms. The lowest BCUT2D eigenvalue weighted by Gasteiger charge is -2.26. The maximum atomic E-state index is 11.8. The first-order chi connectivity index (χ1) is 9.06. The van der Waals surface area contributed by atoms with Crippen molar-refractivity contribution in [3.8, 4) is 0 Å². The molecule has 0 aromatic carbocycles. The van der Waals surface area contributed by atoms with Crippen molar-refractivity contribution in [2.75, 3.05) is 59.5 Å². The zero-order valence-corrected chi connectivity index (χ0v) is 12.5. The van der Waals surface area contributed by atoms with Crippen LogP contribution in [0.25, 0.3) is 0 Å². The van der Waals surface area contributed by atoms with E-state index in [9.17, 15) is 8.42 Å². The average Bonchev–Trinajstić information content (AvgIpc) is 2.42. The minimum atomic E-state index is -3.35. The Morgan fingerprint density at radius 3 is 2.63 bits per heavy atom. The fraction of sp³-hybridized carbons (Fsp3) is 1.00. The van der Waals surface area contributed by atoms with E-state index in [1.54, 1.807) is 7.05 Å². The molecule has 0 aromatic heterocycles. The molecule has 0 amide bonds. The van der Waals surface area contributed by atoms with Crippen LogP contribution in [0.4, 0.5) is 0 Å². The molecular weight excluding hydrogens is 268 g/mol. The quantitative estimate of drug-likeness (QED) is 0.523. The standard InChI is InChI=1S/C11H26N4O3S/c1-14(6-2-4-12)19(16,17)13-5-3-7-15-8-10-18-11-9-15/h13H,2-12H2,1H3. The molecular formula is C11H26N4O3S. The summed E-state index contributed by atoms with van der Waals surface area (Å²) in [6, 6.07) is 0. The largest absolute Gasteiger partial charge is 0.379 e. The maximum Gasteiger partial charge on any atom is 0.279 e. The van der Waals surface area contributed by atoms with E-state index < -0.39 is 10.2 Å². The van der Waals surface area contributed by atoms with Crippen LogP contribution >= 0.6 is 0 Å². The third kappa shape index (κ3) is 6.64. The molecule has 8 heteroatoms. The Labute approximate surface area is 116 Å². The lowest BCUT2D eigenvalue weighted by atomic mass is 10.3. The van der Waals surface area contributed by atoms with Crippen LogP contribution in [0.2, 0.25) is 0 Å². The molecule has 0 radical (unpaired) electrons. The molecule has 19 heavy (non-hydrogen) atoms. The van der Waals surface area contributed by atoms with Crippen molar-refractivity contribution in [3.05, 3.63) is 0 Å². The Bertz CT molecular complexity index is 331. The van der Waals surface area contributed by atoms with E-state index in [1.165, 1.54) is 4.31 Å². The highest BCUT2D eigenvalue weighted by atomic mass is 32.2. The Morgan fingerprint density at radius 2 is 2.00 bits per heavy atom. The van der Waals surface area contributed by atoms with Gasteiger partial charge in [-0.05, 0) is 25.9 Å². The van der Waals surface area contributed by atoms with Crippen molar-refractivity contribution in [2.24, 2.45) is 5.73 Å². The monoisotopic (exact) mass is 294 g/mol. The van der Waals surface area contributed by atoms with Crippen molar-refractivity contribution in [2.45, 2.75) is 12.8 Å². The molecule has 1 saturated heterocycles. The van der Waals surface area contributed by atoms with Crippen molar-refractivity contribution in [1.29, 1.82) is 0 Å². The summed E-state index contributed by atoms with van der Waals surface area (Å²) in [5.74, 6) is 0. The van der Waals surface area contributed by atoms with Gasteiger partial charge in [0.25, 0.3) is 10.2 Å². The first-order valence-electron chi connectivity index (χ1n) is 6.77. The van der Waals surface area contributed by atoms with Crippen LogP contribution in [-0.2, 0) is 14.9 Å². The lowest BCUT2D eigenvalue weighted by molar-refractivity contribution is 0.0376. The van der Waals surface area contributed by atoms with Gasteiger partial charge in [0, 0.05) is 33.2 Å². The molecule has 1 heterocycles. The second-order valence-corrected chi connectivity index (χ2v) is 6.53. The Hall–Kier alpha value is -0.250. The van der Waals surface area contributed by atoms with Crippen LogP contribution in [-0.4, -0.2) is 77.2 Å². The van der Waals surface area contributed by atoms with Gasteiger partial charge in [-0.15, -0.1) is 0 Å². The first-order valence-corrected chi connectivity index (χ1v) is 8.21. The zero-order chi connectivity index (χ0) is 14.1. The molecule has 3 N–H and O–H groups in total. The van der Waals surface area contributed by atoms with Crippen LogP contribution in [0, 0.1) is 0 Å².